The van der Waals surface area contributed by atoms with Crippen molar-refractivity contribution in [1.82, 2.24) is 5.32 Å². The summed E-state index contributed by atoms with van der Waals surface area (Å²) in [7, 11) is 3.12. The first kappa shape index (κ1) is 12.2. The molecule has 0 aliphatic rings. The zero-order valence-corrected chi connectivity index (χ0v) is 8.24. The summed E-state index contributed by atoms with van der Waals surface area (Å²) in [5.74, 6) is 0.195. The largest absolute Gasteiger partial charge is 0.465 e. The lowest BCUT2D eigenvalue weighted by Gasteiger charge is -2.17. The van der Waals surface area contributed by atoms with Crippen LogP contribution in [0, 0.1) is 5.92 Å². The van der Waals surface area contributed by atoms with Gasteiger partial charge in [0.15, 0.2) is 6.29 Å². The molecule has 0 aliphatic heterocycles. The van der Waals surface area contributed by atoms with Crippen LogP contribution in [-0.4, -0.2) is 38.3 Å². The Morgan fingerprint density at radius 1 is 1.46 bits per heavy atom. The van der Waals surface area contributed by atoms with Crippen molar-refractivity contribution in [2.24, 2.45) is 5.92 Å². The molecule has 1 atom stereocenters. The van der Waals surface area contributed by atoms with Crippen molar-refractivity contribution < 1.29 is 19.4 Å². The summed E-state index contributed by atoms with van der Waals surface area (Å²) in [6.07, 6.45) is -0.586. The first-order chi connectivity index (χ1) is 6.10. The summed E-state index contributed by atoms with van der Waals surface area (Å²) in [5, 5.41) is 10.6. The van der Waals surface area contributed by atoms with Gasteiger partial charge in [0.1, 0.15) is 0 Å². The van der Waals surface area contributed by atoms with E-state index in [1.54, 1.807) is 14.2 Å². The second-order valence-corrected chi connectivity index (χ2v) is 2.93. The highest BCUT2D eigenvalue weighted by Gasteiger charge is 2.11. The SMILES string of the molecule is COC(CC(C)CNC(=O)O)OC. The van der Waals surface area contributed by atoms with Crippen LogP contribution in [0.2, 0.25) is 0 Å². The lowest BCUT2D eigenvalue weighted by atomic mass is 10.1. The molecule has 5 nitrogen and oxygen atoms in total. The third kappa shape index (κ3) is 6.36. The number of nitrogens with one attached hydrogen (secondary N) is 1. The molecular formula is C8H17NO4. The lowest BCUT2D eigenvalue weighted by molar-refractivity contribution is -0.112. The van der Waals surface area contributed by atoms with Crippen molar-refractivity contribution in [2.75, 3.05) is 20.8 Å². The van der Waals surface area contributed by atoms with Gasteiger partial charge in [-0.05, 0) is 5.92 Å². The fourth-order valence-electron chi connectivity index (χ4n) is 0.962. The first-order valence-corrected chi connectivity index (χ1v) is 4.12. The van der Waals surface area contributed by atoms with Gasteiger partial charge >= 0.3 is 6.09 Å². The maximum Gasteiger partial charge on any atom is 0.404 e. The van der Waals surface area contributed by atoms with Gasteiger partial charge in [-0.15, -0.1) is 0 Å². The Morgan fingerprint density at radius 3 is 2.38 bits per heavy atom. The van der Waals surface area contributed by atoms with Crippen LogP contribution in [0.4, 0.5) is 4.79 Å². The van der Waals surface area contributed by atoms with Gasteiger partial charge in [-0.25, -0.2) is 4.79 Å². The standard InChI is InChI=1S/C8H17NO4/c1-6(5-9-8(10)11)4-7(12-2)13-3/h6-7,9H,4-5H2,1-3H3,(H,10,11). The molecule has 1 unspecified atom stereocenters. The van der Waals surface area contributed by atoms with E-state index in [-0.39, 0.29) is 12.2 Å². The molecule has 0 radical (unpaired) electrons. The van der Waals surface area contributed by atoms with Crippen LogP contribution in [0.15, 0.2) is 0 Å². The average Bonchev–Trinajstić information content (AvgIpc) is 2.10. The van der Waals surface area contributed by atoms with Crippen molar-refractivity contribution >= 4 is 6.09 Å². The van der Waals surface area contributed by atoms with Crippen molar-refractivity contribution in [3.05, 3.63) is 0 Å². The van der Waals surface area contributed by atoms with E-state index in [0.717, 1.165) is 0 Å². The molecule has 1 amide bonds. The topological polar surface area (TPSA) is 67.8 Å². The number of hydrogen-bond acceptors (Lipinski definition) is 3. The fraction of sp³-hybridized carbons (Fsp3) is 0.875. The van der Waals surface area contributed by atoms with Crippen molar-refractivity contribution in [2.45, 2.75) is 19.6 Å². The zero-order valence-electron chi connectivity index (χ0n) is 8.24. The van der Waals surface area contributed by atoms with Crippen molar-refractivity contribution in [1.29, 1.82) is 0 Å². The Morgan fingerprint density at radius 2 is 2.00 bits per heavy atom. The minimum Gasteiger partial charge on any atom is -0.465 e. The molecular weight excluding hydrogens is 174 g/mol. The predicted octanol–water partition coefficient (Wildman–Crippen LogP) is 0.899. The monoisotopic (exact) mass is 191 g/mol. The van der Waals surface area contributed by atoms with E-state index in [4.69, 9.17) is 14.6 Å². The van der Waals surface area contributed by atoms with Gasteiger partial charge in [0.2, 0.25) is 0 Å². The zero-order chi connectivity index (χ0) is 10.3. The van der Waals surface area contributed by atoms with E-state index in [2.05, 4.69) is 5.32 Å². The third-order valence-corrected chi connectivity index (χ3v) is 1.72. The Labute approximate surface area is 78.0 Å². The number of hydrogen-bond donors (Lipinski definition) is 2. The van der Waals surface area contributed by atoms with Crippen LogP contribution in [0.5, 0.6) is 0 Å². The highest BCUT2D eigenvalue weighted by atomic mass is 16.7. The molecule has 2 N–H and O–H groups in total. The molecule has 0 aromatic heterocycles. The van der Waals surface area contributed by atoms with Crippen molar-refractivity contribution in [3.63, 3.8) is 0 Å². The Kier molecular flexibility index (Phi) is 6.26. The van der Waals surface area contributed by atoms with Gasteiger partial charge in [-0.2, -0.15) is 0 Å². The number of methoxy groups -OCH3 is 2. The summed E-state index contributed by atoms with van der Waals surface area (Å²) in [6, 6.07) is 0. The Hall–Kier alpha value is -0.810. The van der Waals surface area contributed by atoms with E-state index in [1.165, 1.54) is 0 Å². The van der Waals surface area contributed by atoms with Crippen LogP contribution < -0.4 is 5.32 Å². The molecule has 0 spiro atoms. The third-order valence-electron chi connectivity index (χ3n) is 1.72. The highest BCUT2D eigenvalue weighted by molar-refractivity contribution is 5.64. The molecule has 5 heteroatoms. The molecule has 0 saturated heterocycles. The summed E-state index contributed by atoms with van der Waals surface area (Å²) < 4.78 is 9.96. The summed E-state index contributed by atoms with van der Waals surface area (Å²) >= 11 is 0. The number of carboxylic acid groups (broad SMARTS) is 1. The maximum absolute atomic E-state index is 10.2. The first-order valence-electron chi connectivity index (χ1n) is 4.12. The van der Waals surface area contributed by atoms with Gasteiger partial charge in [-0.3, -0.25) is 0 Å². The predicted molar refractivity (Wildman–Crippen MR) is 47.6 cm³/mol. The average molecular weight is 191 g/mol. The second kappa shape index (κ2) is 6.68. The van der Waals surface area contributed by atoms with Gasteiger partial charge in [-0.1, -0.05) is 6.92 Å². The van der Waals surface area contributed by atoms with Gasteiger partial charge in [0.05, 0.1) is 0 Å². The van der Waals surface area contributed by atoms with Crippen LogP contribution in [0.1, 0.15) is 13.3 Å². The van der Waals surface area contributed by atoms with Crippen LogP contribution >= 0.6 is 0 Å². The van der Waals surface area contributed by atoms with Gasteiger partial charge < -0.3 is 19.9 Å². The van der Waals surface area contributed by atoms with Crippen LogP contribution in [0.3, 0.4) is 0 Å². The van der Waals surface area contributed by atoms with E-state index in [9.17, 15) is 4.79 Å². The molecule has 0 saturated carbocycles. The van der Waals surface area contributed by atoms with Gasteiger partial charge in [0, 0.05) is 27.2 Å². The van der Waals surface area contributed by atoms with Gasteiger partial charge in [0.25, 0.3) is 0 Å². The van der Waals surface area contributed by atoms with E-state index in [1.807, 2.05) is 6.92 Å². The number of amides is 1. The van der Waals surface area contributed by atoms with Crippen LogP contribution in [0.25, 0.3) is 0 Å². The molecule has 0 aliphatic carbocycles. The smallest absolute Gasteiger partial charge is 0.404 e. The molecule has 0 fully saturated rings. The Balaban J connectivity index is 3.59. The molecule has 78 valence electrons. The molecule has 0 aromatic carbocycles. The summed E-state index contributed by atoms with van der Waals surface area (Å²) in [4.78, 5) is 10.2. The molecule has 13 heavy (non-hydrogen) atoms. The number of rotatable bonds is 6. The lowest BCUT2D eigenvalue weighted by Crippen LogP contribution is -2.29. The fourth-order valence-corrected chi connectivity index (χ4v) is 0.962. The minimum absolute atomic E-state index is 0.195. The quantitative estimate of drug-likeness (QED) is 0.612. The summed E-state index contributed by atoms with van der Waals surface area (Å²) in [5.41, 5.74) is 0. The highest BCUT2D eigenvalue weighted by Crippen LogP contribution is 2.07. The van der Waals surface area contributed by atoms with Crippen molar-refractivity contribution in [3.8, 4) is 0 Å². The molecule has 0 heterocycles. The van der Waals surface area contributed by atoms with E-state index in [0.29, 0.717) is 13.0 Å². The van der Waals surface area contributed by atoms with E-state index >= 15 is 0 Å². The minimum atomic E-state index is -1.00. The van der Waals surface area contributed by atoms with E-state index < -0.39 is 6.09 Å². The molecule has 0 aromatic rings. The molecule has 0 rings (SSSR count). The number of carbonyl (C=O) groups is 1. The molecule has 0 bridgehead atoms. The maximum atomic E-state index is 10.2. The summed E-state index contributed by atoms with van der Waals surface area (Å²) in [6.45, 7) is 2.35. The Bertz CT molecular complexity index is 147. The number of ether oxygens (including phenoxy) is 2. The van der Waals surface area contributed by atoms with Crippen LogP contribution in [-0.2, 0) is 9.47 Å². The normalized spacial score (nSPS) is 12.9. The second-order valence-electron chi connectivity index (χ2n) is 2.93.